The third kappa shape index (κ3) is 2.03. The number of amides is 1. The molecule has 1 aromatic heterocycles. The van der Waals surface area contributed by atoms with E-state index in [1.54, 1.807) is 12.1 Å². The van der Waals surface area contributed by atoms with Gasteiger partial charge < -0.3 is 5.73 Å². The van der Waals surface area contributed by atoms with Gasteiger partial charge in [0, 0.05) is 5.56 Å². The number of primary amides is 1. The van der Waals surface area contributed by atoms with Gasteiger partial charge >= 0.3 is 0 Å². The first-order valence-corrected chi connectivity index (χ1v) is 5.99. The fourth-order valence-electron chi connectivity index (χ4n) is 2.12. The van der Waals surface area contributed by atoms with Crippen molar-refractivity contribution in [3.63, 3.8) is 0 Å². The highest BCUT2D eigenvalue weighted by atomic mass is 16.1. The van der Waals surface area contributed by atoms with Crippen LogP contribution >= 0.6 is 0 Å². The van der Waals surface area contributed by atoms with Gasteiger partial charge in [-0.3, -0.25) is 4.79 Å². The van der Waals surface area contributed by atoms with Crippen molar-refractivity contribution in [1.29, 1.82) is 0 Å². The van der Waals surface area contributed by atoms with Crippen molar-refractivity contribution in [2.45, 2.75) is 0 Å². The Kier molecular flexibility index (Phi) is 2.96. The number of aromatic nitrogens is 4. The molecule has 0 fully saturated rings. The Bertz CT molecular complexity index is 738. The molecule has 0 saturated heterocycles. The molecule has 0 unspecified atom stereocenters. The Morgan fingerprint density at radius 1 is 1.05 bits per heavy atom. The second-order valence-corrected chi connectivity index (χ2v) is 4.19. The molecular weight excluding hydrogens is 254 g/mol. The van der Waals surface area contributed by atoms with Gasteiger partial charge in [-0.15, -0.1) is 10.2 Å². The Hall–Kier alpha value is -3.02. The number of carbonyl (C=O) groups excluding carboxylic acids is 1. The number of aromatic amines is 1. The zero-order chi connectivity index (χ0) is 13.9. The van der Waals surface area contributed by atoms with E-state index in [0.717, 1.165) is 11.1 Å². The van der Waals surface area contributed by atoms with Crippen LogP contribution in [-0.4, -0.2) is 26.5 Å². The summed E-state index contributed by atoms with van der Waals surface area (Å²) in [4.78, 5) is 11.6. The third-order valence-corrected chi connectivity index (χ3v) is 2.98. The number of rotatable bonds is 3. The normalized spacial score (nSPS) is 10.4. The van der Waals surface area contributed by atoms with Gasteiger partial charge in [0.25, 0.3) is 0 Å². The number of tetrazole rings is 1. The van der Waals surface area contributed by atoms with Crippen LogP contribution in [0.4, 0.5) is 0 Å². The van der Waals surface area contributed by atoms with Gasteiger partial charge in [-0.05, 0) is 22.4 Å². The van der Waals surface area contributed by atoms with Gasteiger partial charge in [-0.2, -0.15) is 5.21 Å². The summed E-state index contributed by atoms with van der Waals surface area (Å²) in [6.45, 7) is 0. The van der Waals surface area contributed by atoms with E-state index in [1.807, 2.05) is 36.4 Å². The number of nitrogens with two attached hydrogens (primary N) is 1. The average molecular weight is 265 g/mol. The van der Waals surface area contributed by atoms with Gasteiger partial charge in [0.05, 0.1) is 5.56 Å². The Morgan fingerprint density at radius 2 is 1.85 bits per heavy atom. The zero-order valence-corrected chi connectivity index (χ0v) is 10.4. The van der Waals surface area contributed by atoms with Gasteiger partial charge in [-0.1, -0.05) is 42.5 Å². The van der Waals surface area contributed by atoms with Crippen LogP contribution in [0.25, 0.3) is 22.5 Å². The van der Waals surface area contributed by atoms with Gasteiger partial charge in [0.2, 0.25) is 11.7 Å². The summed E-state index contributed by atoms with van der Waals surface area (Å²) in [5.74, 6) is -0.180. The number of hydrogen-bond acceptors (Lipinski definition) is 4. The zero-order valence-electron chi connectivity index (χ0n) is 10.4. The van der Waals surface area contributed by atoms with Gasteiger partial charge in [0.15, 0.2) is 0 Å². The summed E-state index contributed by atoms with van der Waals surface area (Å²) < 4.78 is 0. The molecule has 0 aliphatic heterocycles. The van der Waals surface area contributed by atoms with E-state index < -0.39 is 5.91 Å². The van der Waals surface area contributed by atoms with Crippen molar-refractivity contribution in [2.75, 3.05) is 0 Å². The monoisotopic (exact) mass is 265 g/mol. The number of nitrogens with one attached hydrogen (secondary N) is 1. The predicted octanol–water partition coefficient (Wildman–Crippen LogP) is 1.63. The van der Waals surface area contributed by atoms with Crippen LogP contribution in [0.3, 0.4) is 0 Å². The molecule has 0 bridgehead atoms. The van der Waals surface area contributed by atoms with Crippen molar-refractivity contribution in [1.82, 2.24) is 20.6 Å². The van der Waals surface area contributed by atoms with Crippen LogP contribution < -0.4 is 5.73 Å². The number of H-pyrrole nitrogens is 1. The number of nitrogens with zero attached hydrogens (tertiary/aromatic N) is 3. The molecule has 3 aromatic rings. The number of benzene rings is 2. The minimum atomic E-state index is -0.525. The first-order chi connectivity index (χ1) is 9.77. The van der Waals surface area contributed by atoms with Crippen molar-refractivity contribution >= 4 is 5.91 Å². The van der Waals surface area contributed by atoms with Crippen molar-refractivity contribution in [3.05, 3.63) is 54.1 Å². The molecule has 3 N–H and O–H groups in total. The highest BCUT2D eigenvalue weighted by Crippen LogP contribution is 2.32. The molecule has 1 amide bonds. The van der Waals surface area contributed by atoms with Gasteiger partial charge in [0.1, 0.15) is 0 Å². The summed E-state index contributed by atoms with van der Waals surface area (Å²) in [7, 11) is 0. The number of hydrogen-bond donors (Lipinski definition) is 2. The van der Waals surface area contributed by atoms with Crippen LogP contribution in [0.15, 0.2) is 48.5 Å². The lowest BCUT2D eigenvalue weighted by atomic mass is 9.94. The van der Waals surface area contributed by atoms with Crippen molar-refractivity contribution in [3.8, 4) is 22.5 Å². The molecule has 0 atom stereocenters. The number of carbonyl (C=O) groups is 1. The molecule has 6 nitrogen and oxygen atoms in total. The molecule has 98 valence electrons. The maximum absolute atomic E-state index is 11.6. The Morgan fingerprint density at radius 3 is 2.50 bits per heavy atom. The van der Waals surface area contributed by atoms with Crippen molar-refractivity contribution < 1.29 is 4.79 Å². The standard InChI is InChI=1S/C14H11N5O/c15-13(20)11-8-4-7-10(9-5-2-1-3-6-9)12(11)14-16-18-19-17-14/h1-8H,(H2,15,20)(H,16,17,18,19). The molecule has 6 heteroatoms. The molecular formula is C14H11N5O. The van der Waals surface area contributed by atoms with E-state index >= 15 is 0 Å². The lowest BCUT2D eigenvalue weighted by Gasteiger charge is -2.10. The highest BCUT2D eigenvalue weighted by Gasteiger charge is 2.18. The summed E-state index contributed by atoms with van der Waals surface area (Å²) in [5, 5.41) is 13.9. The molecule has 0 aliphatic carbocycles. The first-order valence-electron chi connectivity index (χ1n) is 5.99. The molecule has 3 rings (SSSR count). The van der Waals surface area contributed by atoms with Crippen LogP contribution in [-0.2, 0) is 0 Å². The van der Waals surface area contributed by atoms with Crippen molar-refractivity contribution in [2.24, 2.45) is 5.73 Å². The summed E-state index contributed by atoms with van der Waals surface area (Å²) in [5.41, 5.74) is 8.18. The highest BCUT2D eigenvalue weighted by molar-refractivity contribution is 6.02. The van der Waals surface area contributed by atoms with E-state index in [-0.39, 0.29) is 0 Å². The summed E-state index contributed by atoms with van der Waals surface area (Å²) in [6.07, 6.45) is 0. The van der Waals surface area contributed by atoms with Crippen LogP contribution in [0.5, 0.6) is 0 Å². The lowest BCUT2D eigenvalue weighted by molar-refractivity contribution is 0.100. The molecule has 0 aliphatic rings. The minimum Gasteiger partial charge on any atom is -0.366 e. The first kappa shape index (κ1) is 12.0. The minimum absolute atomic E-state index is 0.346. The lowest BCUT2D eigenvalue weighted by Crippen LogP contribution is -2.13. The molecule has 1 heterocycles. The Balaban J connectivity index is 2.30. The van der Waals surface area contributed by atoms with E-state index in [2.05, 4.69) is 20.6 Å². The molecule has 2 aromatic carbocycles. The SMILES string of the molecule is NC(=O)c1cccc(-c2ccccc2)c1-c1nn[nH]n1. The second-order valence-electron chi connectivity index (χ2n) is 4.19. The van der Waals surface area contributed by atoms with E-state index in [1.165, 1.54) is 0 Å². The topological polar surface area (TPSA) is 97.5 Å². The summed E-state index contributed by atoms with van der Waals surface area (Å²) in [6, 6.07) is 15.0. The smallest absolute Gasteiger partial charge is 0.249 e. The predicted molar refractivity (Wildman–Crippen MR) is 73.6 cm³/mol. The largest absolute Gasteiger partial charge is 0.366 e. The van der Waals surface area contributed by atoms with E-state index in [0.29, 0.717) is 17.0 Å². The summed E-state index contributed by atoms with van der Waals surface area (Å²) >= 11 is 0. The molecule has 0 spiro atoms. The van der Waals surface area contributed by atoms with Gasteiger partial charge in [-0.25, -0.2) is 0 Å². The molecule has 0 radical (unpaired) electrons. The third-order valence-electron chi connectivity index (χ3n) is 2.98. The van der Waals surface area contributed by atoms with Crippen LogP contribution in [0, 0.1) is 0 Å². The fourth-order valence-corrected chi connectivity index (χ4v) is 2.12. The maximum atomic E-state index is 11.6. The van der Waals surface area contributed by atoms with E-state index in [4.69, 9.17) is 5.73 Å². The van der Waals surface area contributed by atoms with Crippen LogP contribution in [0.1, 0.15) is 10.4 Å². The van der Waals surface area contributed by atoms with E-state index in [9.17, 15) is 4.79 Å². The van der Waals surface area contributed by atoms with Crippen LogP contribution in [0.2, 0.25) is 0 Å². The fraction of sp³-hybridized carbons (Fsp3) is 0. The second kappa shape index (κ2) is 4.93. The molecule has 0 saturated carbocycles. The average Bonchev–Trinajstić information content (AvgIpc) is 3.01. The Labute approximate surface area is 114 Å². The maximum Gasteiger partial charge on any atom is 0.249 e. The quantitative estimate of drug-likeness (QED) is 0.752. The molecule has 20 heavy (non-hydrogen) atoms.